The van der Waals surface area contributed by atoms with E-state index >= 15 is 0 Å². The highest BCUT2D eigenvalue weighted by Crippen LogP contribution is 2.38. The normalized spacial score (nSPS) is 24.6. The van der Waals surface area contributed by atoms with Crippen LogP contribution in [0.4, 0.5) is 0 Å². The van der Waals surface area contributed by atoms with E-state index in [4.69, 9.17) is 9.84 Å². The number of ether oxygens (including phenoxy) is 1. The van der Waals surface area contributed by atoms with Gasteiger partial charge in [-0.2, -0.15) is 0 Å². The summed E-state index contributed by atoms with van der Waals surface area (Å²) in [5.41, 5.74) is 0.690. The third-order valence-corrected chi connectivity index (χ3v) is 4.24. The van der Waals surface area contributed by atoms with Gasteiger partial charge >= 0.3 is 0 Å². The number of para-hydroxylation sites is 1. The summed E-state index contributed by atoms with van der Waals surface area (Å²) in [4.78, 5) is 0. The van der Waals surface area contributed by atoms with Crippen LogP contribution in [0.25, 0.3) is 0 Å². The largest absolute Gasteiger partial charge is 0.488 e. The summed E-state index contributed by atoms with van der Waals surface area (Å²) in [6, 6.07) is 7.07. The molecule has 0 spiro atoms. The van der Waals surface area contributed by atoms with Crippen molar-refractivity contribution in [2.45, 2.75) is 17.8 Å². The van der Waals surface area contributed by atoms with E-state index in [1.165, 1.54) is 6.26 Å². The number of sulfone groups is 1. The van der Waals surface area contributed by atoms with Crippen molar-refractivity contribution in [3.8, 4) is 5.75 Å². The van der Waals surface area contributed by atoms with Crippen molar-refractivity contribution in [1.29, 1.82) is 0 Å². The zero-order chi connectivity index (χ0) is 11.8. The molecule has 0 aliphatic carbocycles. The predicted molar refractivity (Wildman–Crippen MR) is 60.1 cm³/mol. The molecule has 1 aromatic rings. The Hall–Kier alpha value is -1.07. The van der Waals surface area contributed by atoms with Gasteiger partial charge in [0.2, 0.25) is 0 Å². The smallest absolute Gasteiger partial charge is 0.154 e. The van der Waals surface area contributed by atoms with Crippen LogP contribution >= 0.6 is 0 Å². The fraction of sp³-hybridized carbons (Fsp3) is 0.455. The number of fused-ring (bicyclic) bond motifs is 1. The van der Waals surface area contributed by atoms with E-state index < -0.39 is 21.2 Å². The molecule has 0 aromatic heterocycles. The van der Waals surface area contributed by atoms with E-state index in [2.05, 4.69) is 0 Å². The van der Waals surface area contributed by atoms with Gasteiger partial charge < -0.3 is 9.84 Å². The maximum Gasteiger partial charge on any atom is 0.154 e. The van der Waals surface area contributed by atoms with E-state index in [-0.39, 0.29) is 6.61 Å². The van der Waals surface area contributed by atoms with E-state index in [0.717, 1.165) is 0 Å². The molecule has 5 heteroatoms. The molecular formula is C11H14O4S. The van der Waals surface area contributed by atoms with Gasteiger partial charge in [-0.1, -0.05) is 18.2 Å². The first-order valence-corrected chi connectivity index (χ1v) is 7.03. The van der Waals surface area contributed by atoms with Gasteiger partial charge in [0.05, 0.1) is 11.9 Å². The molecule has 88 valence electrons. The first-order chi connectivity index (χ1) is 7.52. The van der Waals surface area contributed by atoms with Crippen molar-refractivity contribution in [2.75, 3.05) is 12.9 Å². The number of hydrogen-bond acceptors (Lipinski definition) is 4. The Morgan fingerprint density at radius 3 is 2.75 bits per heavy atom. The topological polar surface area (TPSA) is 63.6 Å². The quantitative estimate of drug-likeness (QED) is 0.837. The van der Waals surface area contributed by atoms with Crippen LogP contribution in [0.3, 0.4) is 0 Å². The Labute approximate surface area is 94.8 Å². The van der Waals surface area contributed by atoms with Crippen LogP contribution < -0.4 is 4.74 Å². The van der Waals surface area contributed by atoms with E-state index in [1.54, 1.807) is 24.3 Å². The summed E-state index contributed by atoms with van der Waals surface area (Å²) < 4.78 is 28.8. The molecule has 1 aromatic carbocycles. The van der Waals surface area contributed by atoms with Crippen LogP contribution in [-0.2, 0) is 9.84 Å². The molecule has 1 aliphatic rings. The lowest BCUT2D eigenvalue weighted by molar-refractivity contribution is 0.0960. The standard InChI is InChI=1S/C11H14O4S/c1-16(13,14)11-6-8(7-12)15-10-5-3-2-4-9(10)11/h2-5,8,11-12H,6-7H2,1H3/t8-,11?/m1/s1. The fourth-order valence-electron chi connectivity index (χ4n) is 1.96. The van der Waals surface area contributed by atoms with Crippen LogP contribution in [-0.4, -0.2) is 32.5 Å². The van der Waals surface area contributed by atoms with Crippen LogP contribution in [0.1, 0.15) is 17.2 Å². The third kappa shape index (κ3) is 2.05. The summed E-state index contributed by atoms with van der Waals surface area (Å²) in [6.45, 7) is -0.166. The summed E-state index contributed by atoms with van der Waals surface area (Å²) in [6.07, 6.45) is 1.09. The molecule has 1 N–H and O–H groups in total. The zero-order valence-corrected chi connectivity index (χ0v) is 9.78. The Kier molecular flexibility index (Phi) is 2.90. The SMILES string of the molecule is CS(=O)(=O)C1C[C@H](CO)Oc2ccccc21. The minimum Gasteiger partial charge on any atom is -0.488 e. The molecule has 16 heavy (non-hydrogen) atoms. The van der Waals surface area contributed by atoms with Crippen molar-refractivity contribution in [2.24, 2.45) is 0 Å². The second kappa shape index (κ2) is 4.07. The van der Waals surface area contributed by atoms with Crippen molar-refractivity contribution >= 4 is 9.84 Å². The van der Waals surface area contributed by atoms with Gasteiger partial charge in [0.15, 0.2) is 9.84 Å². The summed E-state index contributed by atoms with van der Waals surface area (Å²) in [5.74, 6) is 0.559. The van der Waals surface area contributed by atoms with Gasteiger partial charge in [-0.3, -0.25) is 0 Å². The van der Waals surface area contributed by atoms with Crippen molar-refractivity contribution in [1.82, 2.24) is 0 Å². The molecular weight excluding hydrogens is 228 g/mol. The van der Waals surface area contributed by atoms with E-state index in [0.29, 0.717) is 17.7 Å². The lowest BCUT2D eigenvalue weighted by atomic mass is 10.0. The Morgan fingerprint density at radius 2 is 2.12 bits per heavy atom. The minimum atomic E-state index is -3.17. The monoisotopic (exact) mass is 242 g/mol. The molecule has 0 saturated carbocycles. The molecule has 1 unspecified atom stereocenters. The van der Waals surface area contributed by atoms with Gasteiger partial charge in [0.1, 0.15) is 11.9 Å². The highest BCUT2D eigenvalue weighted by molar-refractivity contribution is 7.90. The van der Waals surface area contributed by atoms with Crippen LogP contribution in [0.5, 0.6) is 5.75 Å². The molecule has 2 rings (SSSR count). The van der Waals surface area contributed by atoms with Gasteiger partial charge in [0.25, 0.3) is 0 Å². The molecule has 4 nitrogen and oxygen atoms in total. The molecule has 0 fully saturated rings. The van der Waals surface area contributed by atoms with E-state index in [9.17, 15) is 8.42 Å². The lowest BCUT2D eigenvalue weighted by Gasteiger charge is -2.30. The first kappa shape index (κ1) is 11.4. The number of aliphatic hydroxyl groups is 1. The summed E-state index contributed by atoms with van der Waals surface area (Å²) in [7, 11) is -3.17. The first-order valence-electron chi connectivity index (χ1n) is 5.07. The van der Waals surface area contributed by atoms with Gasteiger partial charge in [-0.25, -0.2) is 8.42 Å². The maximum atomic E-state index is 11.7. The Morgan fingerprint density at radius 1 is 1.44 bits per heavy atom. The van der Waals surface area contributed by atoms with Crippen LogP contribution in [0.2, 0.25) is 0 Å². The van der Waals surface area contributed by atoms with Crippen molar-refractivity contribution < 1.29 is 18.3 Å². The molecule has 0 radical (unpaired) electrons. The molecule has 0 saturated heterocycles. The molecule has 0 amide bonds. The number of hydrogen-bond donors (Lipinski definition) is 1. The third-order valence-electron chi connectivity index (χ3n) is 2.76. The summed E-state index contributed by atoms with van der Waals surface area (Å²) >= 11 is 0. The molecule has 2 atom stereocenters. The van der Waals surface area contributed by atoms with Crippen LogP contribution in [0, 0.1) is 0 Å². The second-order valence-electron chi connectivity index (χ2n) is 4.01. The second-order valence-corrected chi connectivity index (χ2v) is 6.24. The molecule has 1 heterocycles. The number of benzene rings is 1. The van der Waals surface area contributed by atoms with Crippen molar-refractivity contribution in [3.63, 3.8) is 0 Å². The van der Waals surface area contributed by atoms with Crippen molar-refractivity contribution in [3.05, 3.63) is 29.8 Å². The lowest BCUT2D eigenvalue weighted by Crippen LogP contribution is -2.31. The van der Waals surface area contributed by atoms with E-state index in [1.807, 2.05) is 0 Å². The Balaban J connectivity index is 2.47. The minimum absolute atomic E-state index is 0.166. The van der Waals surface area contributed by atoms with Crippen LogP contribution in [0.15, 0.2) is 24.3 Å². The predicted octanol–water partition coefficient (Wildman–Crippen LogP) is 0.916. The fourth-order valence-corrected chi connectivity index (χ4v) is 3.18. The van der Waals surface area contributed by atoms with Gasteiger partial charge in [-0.05, 0) is 6.07 Å². The molecule has 0 bridgehead atoms. The molecule has 1 aliphatic heterocycles. The highest BCUT2D eigenvalue weighted by atomic mass is 32.2. The highest BCUT2D eigenvalue weighted by Gasteiger charge is 2.33. The van der Waals surface area contributed by atoms with Gasteiger partial charge in [0, 0.05) is 18.2 Å². The average molecular weight is 242 g/mol. The number of rotatable bonds is 2. The Bertz CT molecular complexity index is 481. The zero-order valence-electron chi connectivity index (χ0n) is 8.96. The summed E-state index contributed by atoms with van der Waals surface area (Å²) in [5, 5.41) is 8.51. The van der Waals surface area contributed by atoms with Gasteiger partial charge in [-0.15, -0.1) is 0 Å². The number of aliphatic hydroxyl groups excluding tert-OH is 1. The maximum absolute atomic E-state index is 11.7. The average Bonchev–Trinajstić information content (AvgIpc) is 2.26.